The molecule has 134 valence electrons. The quantitative estimate of drug-likeness (QED) is 0.686. The number of amides is 1. The molecule has 3 aromatic rings. The molecule has 0 unspecified atom stereocenters. The van der Waals surface area contributed by atoms with Crippen molar-refractivity contribution in [1.82, 2.24) is 20.2 Å². The van der Waals surface area contributed by atoms with Gasteiger partial charge in [0.05, 0.1) is 17.1 Å². The van der Waals surface area contributed by atoms with Gasteiger partial charge in [-0.15, -0.1) is 16.9 Å². The van der Waals surface area contributed by atoms with E-state index in [0.29, 0.717) is 33.6 Å². The van der Waals surface area contributed by atoms with Crippen LogP contribution in [0.5, 0.6) is 0 Å². The van der Waals surface area contributed by atoms with Crippen LogP contribution in [0.2, 0.25) is 0 Å². The van der Waals surface area contributed by atoms with Gasteiger partial charge in [0.2, 0.25) is 0 Å². The Hall–Kier alpha value is -2.88. The van der Waals surface area contributed by atoms with Gasteiger partial charge in [-0.05, 0) is 46.8 Å². The van der Waals surface area contributed by atoms with Gasteiger partial charge in [-0.1, -0.05) is 12.1 Å². The molecule has 0 atom stereocenters. The molecule has 1 N–H and O–H groups in total. The molecule has 0 saturated heterocycles. The number of nitrogens with zero attached hydrogens (tertiary/aromatic N) is 4. The summed E-state index contributed by atoms with van der Waals surface area (Å²) in [6.45, 7) is 0. The molecule has 1 heterocycles. The number of alkyl halides is 3. The van der Waals surface area contributed by atoms with Crippen LogP contribution < -0.4 is 5.32 Å². The minimum Gasteiger partial charge on any atom is -0.321 e. The van der Waals surface area contributed by atoms with Crippen molar-refractivity contribution in [3.8, 4) is 5.69 Å². The van der Waals surface area contributed by atoms with Crippen LogP contribution in [0, 0.1) is 0 Å². The highest BCUT2D eigenvalue weighted by Crippen LogP contribution is 2.32. The van der Waals surface area contributed by atoms with Crippen molar-refractivity contribution >= 4 is 23.4 Å². The second-order valence-electron chi connectivity index (χ2n) is 5.16. The predicted octanol–water partition coefficient (Wildman–Crippen LogP) is 3.57. The van der Waals surface area contributed by atoms with Gasteiger partial charge >= 0.3 is 6.18 Å². The summed E-state index contributed by atoms with van der Waals surface area (Å²) in [5.41, 5.74) is 1.36. The first-order chi connectivity index (χ1) is 12.4. The Bertz CT molecular complexity index is 882. The third-order valence-corrected chi connectivity index (χ3v) is 4.41. The zero-order valence-electron chi connectivity index (χ0n) is 13.1. The Morgan fingerprint density at radius 2 is 1.85 bits per heavy atom. The number of hydrogen-bond acceptors (Lipinski definition) is 5. The van der Waals surface area contributed by atoms with E-state index in [-0.39, 0.29) is 0 Å². The number of benzene rings is 2. The summed E-state index contributed by atoms with van der Waals surface area (Å²) in [6, 6.07) is 12.9. The Labute approximate surface area is 150 Å². The lowest BCUT2D eigenvalue weighted by atomic mass is 10.2. The molecular formula is C16H12F3N5OS. The van der Waals surface area contributed by atoms with E-state index in [1.807, 2.05) is 0 Å². The van der Waals surface area contributed by atoms with E-state index >= 15 is 0 Å². The molecule has 0 aliphatic rings. The zero-order chi connectivity index (χ0) is 18.6. The van der Waals surface area contributed by atoms with Crippen molar-refractivity contribution < 1.29 is 18.0 Å². The Balaban J connectivity index is 1.72. The second kappa shape index (κ2) is 7.56. The monoisotopic (exact) mass is 379 g/mol. The van der Waals surface area contributed by atoms with Crippen LogP contribution in [0.15, 0.2) is 59.8 Å². The number of halogens is 3. The summed E-state index contributed by atoms with van der Waals surface area (Å²) in [6.07, 6.45) is -2.86. The van der Waals surface area contributed by atoms with Crippen molar-refractivity contribution in [3.63, 3.8) is 0 Å². The number of aromatic nitrogens is 4. The first kappa shape index (κ1) is 17.9. The van der Waals surface area contributed by atoms with E-state index in [1.165, 1.54) is 17.1 Å². The van der Waals surface area contributed by atoms with E-state index in [0.717, 1.165) is 0 Å². The number of thioether (sulfide) groups is 1. The molecule has 1 amide bonds. The van der Waals surface area contributed by atoms with Gasteiger partial charge < -0.3 is 5.32 Å². The third kappa shape index (κ3) is 4.60. The Kier molecular flexibility index (Phi) is 5.21. The van der Waals surface area contributed by atoms with Crippen LogP contribution in [0.25, 0.3) is 5.69 Å². The van der Waals surface area contributed by atoms with E-state index in [4.69, 9.17) is 0 Å². The first-order valence-corrected chi connectivity index (χ1v) is 8.34. The summed E-state index contributed by atoms with van der Waals surface area (Å²) in [5, 5.41) is 13.4. The van der Waals surface area contributed by atoms with Crippen molar-refractivity contribution in [1.29, 1.82) is 0 Å². The van der Waals surface area contributed by atoms with Crippen molar-refractivity contribution in [2.24, 2.45) is 0 Å². The highest BCUT2D eigenvalue weighted by molar-refractivity contribution is 7.99. The number of hydrogen-bond donors (Lipinski definition) is 1. The molecule has 10 heteroatoms. The molecule has 26 heavy (non-hydrogen) atoms. The van der Waals surface area contributed by atoms with Gasteiger partial charge in [0, 0.05) is 10.5 Å². The van der Waals surface area contributed by atoms with Crippen LogP contribution >= 0.6 is 11.8 Å². The van der Waals surface area contributed by atoms with Gasteiger partial charge in [-0.25, -0.2) is 4.68 Å². The van der Waals surface area contributed by atoms with E-state index in [2.05, 4.69) is 20.8 Å². The lowest BCUT2D eigenvalue weighted by molar-refractivity contribution is -0.105. The van der Waals surface area contributed by atoms with E-state index in [9.17, 15) is 18.0 Å². The highest BCUT2D eigenvalue weighted by atomic mass is 32.2. The fourth-order valence-electron chi connectivity index (χ4n) is 2.09. The van der Waals surface area contributed by atoms with Crippen LogP contribution in [0.1, 0.15) is 10.4 Å². The van der Waals surface area contributed by atoms with Crippen molar-refractivity contribution in [2.75, 3.05) is 11.1 Å². The number of para-hydroxylation sites is 1. The molecule has 0 bridgehead atoms. The molecule has 0 aliphatic carbocycles. The normalized spacial score (nSPS) is 11.3. The molecule has 1 aromatic heterocycles. The van der Waals surface area contributed by atoms with E-state index < -0.39 is 17.8 Å². The number of tetrazole rings is 1. The lowest BCUT2D eigenvalue weighted by Crippen LogP contribution is -2.14. The van der Waals surface area contributed by atoms with Crippen LogP contribution in [-0.2, 0) is 0 Å². The topological polar surface area (TPSA) is 72.7 Å². The number of nitrogens with one attached hydrogen (secondary N) is 1. The Morgan fingerprint density at radius 3 is 2.50 bits per heavy atom. The molecule has 0 saturated carbocycles. The van der Waals surface area contributed by atoms with Crippen molar-refractivity contribution in [2.45, 2.75) is 11.1 Å². The van der Waals surface area contributed by atoms with Gasteiger partial charge in [-0.3, -0.25) is 4.79 Å². The smallest absolute Gasteiger partial charge is 0.321 e. The average Bonchev–Trinajstić information content (AvgIpc) is 3.15. The van der Waals surface area contributed by atoms with Crippen LogP contribution in [0.3, 0.4) is 0 Å². The van der Waals surface area contributed by atoms with Gasteiger partial charge in [-0.2, -0.15) is 13.2 Å². The first-order valence-electron chi connectivity index (χ1n) is 7.36. The van der Waals surface area contributed by atoms with Crippen LogP contribution in [0.4, 0.5) is 18.9 Å². The molecule has 0 spiro atoms. The molecule has 6 nitrogen and oxygen atoms in total. The summed E-state index contributed by atoms with van der Waals surface area (Å²) in [4.78, 5) is 12.7. The molecular weight excluding hydrogens is 367 g/mol. The summed E-state index contributed by atoms with van der Waals surface area (Å²) in [5.74, 6) is -1.45. The summed E-state index contributed by atoms with van der Waals surface area (Å²) >= 11 is 0.627. The maximum atomic E-state index is 12.4. The number of rotatable bonds is 5. The summed E-state index contributed by atoms with van der Waals surface area (Å²) in [7, 11) is 0. The van der Waals surface area contributed by atoms with Gasteiger partial charge in [0.25, 0.3) is 5.91 Å². The van der Waals surface area contributed by atoms with Crippen molar-refractivity contribution in [3.05, 3.63) is 60.4 Å². The summed E-state index contributed by atoms with van der Waals surface area (Å²) < 4.78 is 38.7. The molecule has 3 rings (SSSR count). The van der Waals surface area contributed by atoms with Gasteiger partial charge in [0.1, 0.15) is 6.33 Å². The lowest BCUT2D eigenvalue weighted by Gasteiger charge is -2.12. The minimum absolute atomic E-state index is 0.330. The van der Waals surface area contributed by atoms with Crippen LogP contribution in [-0.4, -0.2) is 38.0 Å². The average molecular weight is 379 g/mol. The minimum atomic E-state index is -4.28. The number of carbonyl (C=O) groups excluding carboxylic acids is 1. The Morgan fingerprint density at radius 1 is 1.12 bits per heavy atom. The fraction of sp³-hybridized carbons (Fsp3) is 0.125. The molecule has 0 radical (unpaired) electrons. The molecule has 2 aromatic carbocycles. The molecule has 0 fully saturated rings. The maximum absolute atomic E-state index is 12.4. The zero-order valence-corrected chi connectivity index (χ0v) is 14.0. The third-order valence-electron chi connectivity index (χ3n) is 3.27. The van der Waals surface area contributed by atoms with E-state index in [1.54, 1.807) is 42.5 Å². The standard InChI is InChI=1S/C16H12F3N5OS/c17-16(18,19)9-26-14-4-2-1-3-13(14)21-15(25)11-5-7-12(8-6-11)24-10-20-22-23-24/h1-8,10H,9H2,(H,21,25). The highest BCUT2D eigenvalue weighted by Gasteiger charge is 2.27. The second-order valence-corrected chi connectivity index (χ2v) is 6.17. The number of carbonyl (C=O) groups is 1. The molecule has 0 aliphatic heterocycles. The maximum Gasteiger partial charge on any atom is 0.398 e. The van der Waals surface area contributed by atoms with Gasteiger partial charge in [0.15, 0.2) is 0 Å². The largest absolute Gasteiger partial charge is 0.398 e. The predicted molar refractivity (Wildman–Crippen MR) is 90.3 cm³/mol. The SMILES string of the molecule is O=C(Nc1ccccc1SCC(F)(F)F)c1ccc(-n2cnnn2)cc1. The fourth-order valence-corrected chi connectivity index (χ4v) is 2.86. The number of anilines is 1.